The summed E-state index contributed by atoms with van der Waals surface area (Å²) >= 11 is 0. The number of hydrogen-bond acceptors (Lipinski definition) is 5. The number of pyridine rings is 1. The van der Waals surface area contributed by atoms with Crippen LogP contribution < -0.4 is 4.90 Å². The Kier molecular flexibility index (Phi) is 5.08. The first-order valence-electron chi connectivity index (χ1n) is 5.76. The van der Waals surface area contributed by atoms with Crippen molar-refractivity contribution in [2.75, 3.05) is 32.2 Å². The van der Waals surface area contributed by atoms with Gasteiger partial charge >= 0.3 is 0 Å². The molecule has 5 heteroatoms. The molecule has 1 rings (SSSR count). The van der Waals surface area contributed by atoms with Crippen molar-refractivity contribution in [2.45, 2.75) is 20.0 Å². The minimum Gasteiger partial charge on any atom is -0.389 e. The summed E-state index contributed by atoms with van der Waals surface area (Å²) in [6.45, 7) is 4.41. The number of aromatic nitrogens is 1. The third kappa shape index (κ3) is 3.42. The fraction of sp³-hybridized carbons (Fsp3) is 0.538. The van der Waals surface area contributed by atoms with Crippen molar-refractivity contribution in [1.29, 1.82) is 5.26 Å². The molecule has 0 saturated carbocycles. The highest BCUT2D eigenvalue weighted by Gasteiger charge is 2.15. The Balaban J connectivity index is 2.98. The molecule has 0 saturated heterocycles. The standard InChI is InChI=1S/C13H19N3O2/c1-9-5-10(2)15-13(12(9)6-14)16(3)7-11(17)8-18-4/h5,11,17H,7-8H2,1-4H3. The molecule has 1 aromatic rings. The molecule has 5 nitrogen and oxygen atoms in total. The van der Waals surface area contributed by atoms with Crippen LogP contribution in [0, 0.1) is 25.2 Å². The van der Waals surface area contributed by atoms with Crippen molar-refractivity contribution in [3.05, 3.63) is 22.9 Å². The largest absolute Gasteiger partial charge is 0.389 e. The van der Waals surface area contributed by atoms with E-state index in [9.17, 15) is 10.4 Å². The Morgan fingerprint density at radius 1 is 1.56 bits per heavy atom. The van der Waals surface area contributed by atoms with Gasteiger partial charge in [0.05, 0.1) is 18.3 Å². The molecule has 0 aliphatic rings. The van der Waals surface area contributed by atoms with E-state index in [2.05, 4.69) is 11.1 Å². The molecule has 0 spiro atoms. The van der Waals surface area contributed by atoms with Crippen LogP contribution in [0.15, 0.2) is 6.07 Å². The molecule has 0 fully saturated rings. The molecule has 1 unspecified atom stereocenters. The van der Waals surface area contributed by atoms with Gasteiger partial charge in [0.1, 0.15) is 11.9 Å². The molecule has 1 heterocycles. The lowest BCUT2D eigenvalue weighted by atomic mass is 10.1. The number of hydrogen-bond donors (Lipinski definition) is 1. The van der Waals surface area contributed by atoms with Gasteiger partial charge in [-0.15, -0.1) is 0 Å². The quantitative estimate of drug-likeness (QED) is 0.843. The number of aliphatic hydroxyl groups excluding tert-OH is 1. The minimum atomic E-state index is -0.603. The maximum absolute atomic E-state index is 9.71. The van der Waals surface area contributed by atoms with Crippen LogP contribution >= 0.6 is 0 Å². The van der Waals surface area contributed by atoms with Crippen LogP contribution in [0.3, 0.4) is 0 Å². The van der Waals surface area contributed by atoms with E-state index in [-0.39, 0.29) is 6.61 Å². The van der Waals surface area contributed by atoms with E-state index < -0.39 is 6.10 Å². The number of anilines is 1. The second-order valence-corrected chi connectivity index (χ2v) is 4.38. The summed E-state index contributed by atoms with van der Waals surface area (Å²) in [4.78, 5) is 6.15. The van der Waals surface area contributed by atoms with Gasteiger partial charge in [0.25, 0.3) is 0 Å². The monoisotopic (exact) mass is 249 g/mol. The van der Waals surface area contributed by atoms with E-state index in [1.165, 1.54) is 0 Å². The predicted octanol–water partition coefficient (Wildman–Crippen LogP) is 1.01. The Labute approximate surface area is 108 Å². The topological polar surface area (TPSA) is 69.4 Å². The molecular weight excluding hydrogens is 230 g/mol. The van der Waals surface area contributed by atoms with Crippen LogP contribution in [0.2, 0.25) is 0 Å². The summed E-state index contributed by atoms with van der Waals surface area (Å²) in [5, 5.41) is 18.9. The Morgan fingerprint density at radius 2 is 2.22 bits per heavy atom. The third-order valence-electron chi connectivity index (χ3n) is 2.64. The van der Waals surface area contributed by atoms with E-state index >= 15 is 0 Å². The highest BCUT2D eigenvalue weighted by molar-refractivity contribution is 5.57. The van der Waals surface area contributed by atoms with Gasteiger partial charge in [-0.3, -0.25) is 0 Å². The lowest BCUT2D eigenvalue weighted by molar-refractivity contribution is 0.0694. The van der Waals surface area contributed by atoms with Gasteiger partial charge in [0.2, 0.25) is 0 Å². The van der Waals surface area contributed by atoms with Gasteiger partial charge in [0, 0.05) is 26.4 Å². The van der Waals surface area contributed by atoms with Crippen molar-refractivity contribution in [2.24, 2.45) is 0 Å². The molecule has 18 heavy (non-hydrogen) atoms. The van der Waals surface area contributed by atoms with Gasteiger partial charge in [0.15, 0.2) is 0 Å². The summed E-state index contributed by atoms with van der Waals surface area (Å²) in [7, 11) is 3.35. The number of methoxy groups -OCH3 is 1. The minimum absolute atomic E-state index is 0.261. The van der Waals surface area contributed by atoms with Crippen molar-refractivity contribution < 1.29 is 9.84 Å². The molecule has 98 valence electrons. The normalized spacial score (nSPS) is 12.0. The highest BCUT2D eigenvalue weighted by atomic mass is 16.5. The first-order valence-corrected chi connectivity index (χ1v) is 5.76. The van der Waals surface area contributed by atoms with Crippen molar-refractivity contribution in [1.82, 2.24) is 4.98 Å². The molecule has 0 aromatic carbocycles. The molecule has 1 atom stereocenters. The number of nitrogens with zero attached hydrogens (tertiary/aromatic N) is 3. The second kappa shape index (κ2) is 6.34. The number of nitriles is 1. The maximum atomic E-state index is 9.71. The summed E-state index contributed by atoms with van der Waals surface area (Å²) in [5.41, 5.74) is 2.30. The zero-order chi connectivity index (χ0) is 13.7. The first kappa shape index (κ1) is 14.4. The fourth-order valence-corrected chi connectivity index (χ4v) is 1.88. The molecule has 1 N–H and O–H groups in total. The van der Waals surface area contributed by atoms with E-state index in [4.69, 9.17) is 4.74 Å². The van der Waals surface area contributed by atoms with Crippen LogP contribution in [0.25, 0.3) is 0 Å². The van der Waals surface area contributed by atoms with Gasteiger partial charge in [-0.25, -0.2) is 4.98 Å². The molecule has 0 radical (unpaired) electrons. The molecule has 0 amide bonds. The average Bonchev–Trinajstić information content (AvgIpc) is 2.28. The maximum Gasteiger partial charge on any atom is 0.146 e. The van der Waals surface area contributed by atoms with Gasteiger partial charge in [-0.2, -0.15) is 5.26 Å². The summed E-state index contributed by atoms with van der Waals surface area (Å²) in [6.07, 6.45) is -0.603. The van der Waals surface area contributed by atoms with Crippen LogP contribution in [0.4, 0.5) is 5.82 Å². The van der Waals surface area contributed by atoms with Crippen LogP contribution in [-0.2, 0) is 4.74 Å². The second-order valence-electron chi connectivity index (χ2n) is 4.38. The number of ether oxygens (including phenoxy) is 1. The zero-order valence-electron chi connectivity index (χ0n) is 11.3. The van der Waals surface area contributed by atoms with E-state index in [0.717, 1.165) is 11.3 Å². The van der Waals surface area contributed by atoms with Crippen molar-refractivity contribution in [3.63, 3.8) is 0 Å². The van der Waals surface area contributed by atoms with Crippen molar-refractivity contribution in [3.8, 4) is 6.07 Å². The SMILES string of the molecule is COCC(O)CN(C)c1nc(C)cc(C)c1C#N. The average molecular weight is 249 g/mol. The fourth-order valence-electron chi connectivity index (χ4n) is 1.88. The Bertz CT molecular complexity index is 454. The van der Waals surface area contributed by atoms with E-state index in [0.29, 0.717) is 17.9 Å². The molecular formula is C13H19N3O2. The molecule has 0 aliphatic heterocycles. The van der Waals surface area contributed by atoms with Gasteiger partial charge in [-0.05, 0) is 25.5 Å². The lowest BCUT2D eigenvalue weighted by Gasteiger charge is -2.23. The number of aliphatic hydroxyl groups is 1. The molecule has 0 bridgehead atoms. The summed E-state index contributed by atoms with van der Waals surface area (Å²) in [5.74, 6) is 0.602. The number of rotatable bonds is 5. The van der Waals surface area contributed by atoms with Crippen LogP contribution in [0.1, 0.15) is 16.8 Å². The van der Waals surface area contributed by atoms with Crippen LogP contribution in [0.5, 0.6) is 0 Å². The smallest absolute Gasteiger partial charge is 0.146 e. The zero-order valence-corrected chi connectivity index (χ0v) is 11.3. The van der Waals surface area contributed by atoms with E-state index in [1.54, 1.807) is 19.1 Å². The third-order valence-corrected chi connectivity index (χ3v) is 2.64. The van der Waals surface area contributed by atoms with Crippen LogP contribution in [-0.4, -0.2) is 43.5 Å². The van der Waals surface area contributed by atoms with Gasteiger partial charge < -0.3 is 14.7 Å². The number of likely N-dealkylation sites (N-methyl/N-ethyl adjacent to an activating group) is 1. The Morgan fingerprint density at radius 3 is 2.78 bits per heavy atom. The molecule has 0 aliphatic carbocycles. The van der Waals surface area contributed by atoms with Gasteiger partial charge in [-0.1, -0.05) is 0 Å². The highest BCUT2D eigenvalue weighted by Crippen LogP contribution is 2.20. The predicted molar refractivity (Wildman–Crippen MR) is 69.6 cm³/mol. The number of aryl methyl sites for hydroxylation is 2. The lowest BCUT2D eigenvalue weighted by Crippen LogP contribution is -2.33. The van der Waals surface area contributed by atoms with Crippen molar-refractivity contribution >= 4 is 5.82 Å². The molecule has 1 aromatic heterocycles. The Hall–Kier alpha value is -1.64. The summed E-state index contributed by atoms with van der Waals surface area (Å²) < 4.78 is 4.88. The summed E-state index contributed by atoms with van der Waals surface area (Å²) in [6, 6.07) is 4.04. The van der Waals surface area contributed by atoms with E-state index in [1.807, 2.05) is 19.9 Å². The first-order chi connectivity index (χ1) is 8.49.